The third-order valence-corrected chi connectivity index (χ3v) is 7.06. The number of halogens is 1. The van der Waals surface area contributed by atoms with Crippen LogP contribution < -0.4 is 4.74 Å². The summed E-state index contributed by atoms with van der Waals surface area (Å²) in [6.45, 7) is 5.09. The number of benzene rings is 2. The van der Waals surface area contributed by atoms with E-state index in [4.69, 9.17) is 21.4 Å². The molecule has 1 aliphatic heterocycles. The Labute approximate surface area is 203 Å². The molecule has 2 heterocycles. The Hall–Kier alpha value is -2.78. The van der Waals surface area contributed by atoms with Crippen LogP contribution >= 0.6 is 22.9 Å². The highest BCUT2D eigenvalue weighted by Crippen LogP contribution is 2.31. The predicted octanol–water partition coefficient (Wildman–Crippen LogP) is 6.12. The fourth-order valence-corrected chi connectivity index (χ4v) is 5.43. The van der Waals surface area contributed by atoms with Crippen molar-refractivity contribution < 1.29 is 14.6 Å². The maximum Gasteiger partial charge on any atom is 0.304 e. The number of carbonyl (C=O) groups is 1. The van der Waals surface area contributed by atoms with Gasteiger partial charge in [-0.1, -0.05) is 53.9 Å². The van der Waals surface area contributed by atoms with E-state index in [1.165, 1.54) is 16.0 Å². The summed E-state index contributed by atoms with van der Waals surface area (Å²) in [6, 6.07) is 18.2. The molecule has 4 nitrogen and oxygen atoms in total. The van der Waals surface area contributed by atoms with Crippen LogP contribution in [0, 0.1) is 11.8 Å². The summed E-state index contributed by atoms with van der Waals surface area (Å²) in [5.41, 5.74) is 4.63. The van der Waals surface area contributed by atoms with E-state index in [1.54, 1.807) is 18.3 Å². The molecule has 1 atom stereocenters. The number of ether oxygens (including phenoxy) is 1. The first kappa shape index (κ1) is 23.4. The molecule has 0 aliphatic carbocycles. The van der Waals surface area contributed by atoms with Crippen molar-refractivity contribution in [2.75, 3.05) is 6.54 Å². The molecule has 0 saturated carbocycles. The molecule has 1 unspecified atom stereocenters. The monoisotopic (exact) mass is 479 g/mol. The lowest BCUT2D eigenvalue weighted by Gasteiger charge is -2.26. The fraction of sp³-hybridized carbons (Fsp3) is 0.296. The van der Waals surface area contributed by atoms with Crippen LogP contribution in [0.4, 0.5) is 0 Å². The molecule has 0 radical (unpaired) electrons. The van der Waals surface area contributed by atoms with Crippen molar-refractivity contribution in [2.45, 2.75) is 45.4 Å². The lowest BCUT2D eigenvalue weighted by molar-refractivity contribution is -0.137. The highest BCUT2D eigenvalue weighted by molar-refractivity contribution is 7.16. The van der Waals surface area contributed by atoms with Gasteiger partial charge in [0.05, 0.1) is 16.7 Å². The molecule has 0 fully saturated rings. The molecule has 0 spiro atoms. The van der Waals surface area contributed by atoms with Crippen molar-refractivity contribution >= 4 is 28.9 Å². The summed E-state index contributed by atoms with van der Waals surface area (Å²) in [7, 11) is 0. The van der Waals surface area contributed by atoms with Gasteiger partial charge in [0, 0.05) is 24.5 Å². The third-order valence-electron chi connectivity index (χ3n) is 5.70. The number of carboxylic acid groups (broad SMARTS) is 1. The minimum atomic E-state index is -0.855. The maximum absolute atomic E-state index is 11.1. The van der Waals surface area contributed by atoms with Gasteiger partial charge in [0.25, 0.3) is 0 Å². The van der Waals surface area contributed by atoms with Gasteiger partial charge in [-0.15, -0.1) is 17.3 Å². The maximum atomic E-state index is 11.1. The van der Waals surface area contributed by atoms with E-state index in [9.17, 15) is 4.79 Å². The molecule has 6 heteroatoms. The number of nitrogens with zero attached hydrogens (tertiary/aromatic N) is 1. The van der Waals surface area contributed by atoms with Gasteiger partial charge in [-0.25, -0.2) is 0 Å². The summed E-state index contributed by atoms with van der Waals surface area (Å²) in [5.74, 6) is 5.38. The van der Waals surface area contributed by atoms with E-state index in [0.29, 0.717) is 6.61 Å². The molecule has 0 amide bonds. The number of thiophene rings is 1. The van der Waals surface area contributed by atoms with Gasteiger partial charge in [-0.2, -0.15) is 0 Å². The number of hydrogen-bond donors (Lipinski definition) is 1. The molecular formula is C27H26ClNO3S. The largest absolute Gasteiger partial charge is 0.489 e. The molecule has 1 aromatic heterocycles. The number of fused-ring (bicyclic) bond motifs is 1. The van der Waals surface area contributed by atoms with Crippen LogP contribution in [0.25, 0.3) is 0 Å². The van der Waals surface area contributed by atoms with Crippen LogP contribution in [0.15, 0.2) is 54.6 Å². The highest BCUT2D eigenvalue weighted by Gasteiger charge is 2.19. The zero-order chi connectivity index (χ0) is 23.2. The van der Waals surface area contributed by atoms with E-state index in [1.807, 2.05) is 24.3 Å². The van der Waals surface area contributed by atoms with Crippen LogP contribution in [-0.2, 0) is 30.9 Å². The first-order valence-electron chi connectivity index (χ1n) is 10.9. The summed E-state index contributed by atoms with van der Waals surface area (Å²) in [4.78, 5) is 15.0. The zero-order valence-electron chi connectivity index (χ0n) is 18.5. The Morgan fingerprint density at radius 2 is 2.00 bits per heavy atom. The fourth-order valence-electron chi connectivity index (χ4n) is 4.13. The van der Waals surface area contributed by atoms with Crippen molar-refractivity contribution in [1.82, 2.24) is 4.90 Å². The molecule has 1 aliphatic rings. The van der Waals surface area contributed by atoms with Gasteiger partial charge >= 0.3 is 5.97 Å². The van der Waals surface area contributed by atoms with Crippen molar-refractivity contribution in [3.8, 4) is 17.6 Å². The Balaban J connectivity index is 1.34. The molecule has 33 heavy (non-hydrogen) atoms. The van der Waals surface area contributed by atoms with E-state index in [2.05, 4.69) is 47.1 Å². The summed E-state index contributed by atoms with van der Waals surface area (Å²) < 4.78 is 6.86. The van der Waals surface area contributed by atoms with Gasteiger partial charge in [-0.3, -0.25) is 9.69 Å². The first-order chi connectivity index (χ1) is 16.0. The molecule has 0 bridgehead atoms. The number of hydrogen-bond acceptors (Lipinski definition) is 4. The van der Waals surface area contributed by atoms with E-state index in [0.717, 1.165) is 47.3 Å². The van der Waals surface area contributed by atoms with Crippen LogP contribution in [0.3, 0.4) is 0 Å². The predicted molar refractivity (Wildman–Crippen MR) is 133 cm³/mol. The van der Waals surface area contributed by atoms with Gasteiger partial charge < -0.3 is 9.84 Å². The van der Waals surface area contributed by atoms with Crippen LogP contribution in [0.5, 0.6) is 5.75 Å². The lowest BCUT2D eigenvalue weighted by Crippen LogP contribution is -2.29. The van der Waals surface area contributed by atoms with Gasteiger partial charge in [0.1, 0.15) is 12.4 Å². The van der Waals surface area contributed by atoms with E-state index < -0.39 is 5.97 Å². The quantitative estimate of drug-likeness (QED) is 0.395. The molecule has 2 aromatic carbocycles. The second kappa shape index (κ2) is 10.9. The smallest absolute Gasteiger partial charge is 0.304 e. The Bertz CT molecular complexity index is 1180. The minimum absolute atomic E-state index is 0.00832. The van der Waals surface area contributed by atoms with Crippen molar-refractivity contribution in [2.24, 2.45) is 0 Å². The number of aliphatic carboxylic acids is 1. The number of rotatable bonds is 8. The van der Waals surface area contributed by atoms with Gasteiger partial charge in [-0.05, 0) is 53.8 Å². The van der Waals surface area contributed by atoms with Crippen LogP contribution in [-0.4, -0.2) is 22.5 Å². The second-order valence-electron chi connectivity index (χ2n) is 8.18. The second-order valence-corrected chi connectivity index (χ2v) is 9.95. The Morgan fingerprint density at radius 1 is 1.21 bits per heavy atom. The molecule has 170 valence electrons. The van der Waals surface area contributed by atoms with Crippen molar-refractivity contribution in [1.29, 1.82) is 0 Å². The molecule has 3 aromatic rings. The Kier molecular flexibility index (Phi) is 7.72. The van der Waals surface area contributed by atoms with Crippen molar-refractivity contribution in [3.63, 3.8) is 0 Å². The normalized spacial score (nSPS) is 14.1. The molecule has 4 rings (SSSR count). The standard InChI is InChI=1S/C27H26ClNO3S/c1-2-4-22(15-27(30)31)21-7-9-24(10-8-21)32-18-20-6-3-5-19(13-20)16-29-12-11-25-23(17-29)14-26(28)33-25/h3,5-10,13-14,22H,11-12,15-18H2,1H3,(H,30,31). The van der Waals surface area contributed by atoms with Crippen molar-refractivity contribution in [3.05, 3.63) is 86.1 Å². The summed E-state index contributed by atoms with van der Waals surface area (Å²) >= 11 is 7.88. The topological polar surface area (TPSA) is 49.8 Å². The minimum Gasteiger partial charge on any atom is -0.489 e. The molecule has 1 N–H and O–H groups in total. The molecule has 0 saturated heterocycles. The zero-order valence-corrected chi connectivity index (χ0v) is 20.1. The Morgan fingerprint density at radius 3 is 2.76 bits per heavy atom. The highest BCUT2D eigenvalue weighted by atomic mass is 35.5. The van der Waals surface area contributed by atoms with E-state index in [-0.39, 0.29) is 12.3 Å². The van der Waals surface area contributed by atoms with E-state index >= 15 is 0 Å². The molecular weight excluding hydrogens is 454 g/mol. The van der Waals surface area contributed by atoms with Crippen LogP contribution in [0.1, 0.15) is 46.4 Å². The lowest BCUT2D eigenvalue weighted by atomic mass is 9.96. The third kappa shape index (κ3) is 6.39. The number of carboxylic acids is 1. The van der Waals surface area contributed by atoms with Gasteiger partial charge in [0.15, 0.2) is 0 Å². The SMILES string of the molecule is CC#CC(CC(=O)O)c1ccc(OCc2cccc(CN3CCc4sc(Cl)cc4C3)c2)cc1. The summed E-state index contributed by atoms with van der Waals surface area (Å²) in [5, 5.41) is 9.11. The summed E-state index contributed by atoms with van der Waals surface area (Å²) in [6.07, 6.45) is 1.05. The first-order valence-corrected chi connectivity index (χ1v) is 12.1. The van der Waals surface area contributed by atoms with Crippen LogP contribution in [0.2, 0.25) is 4.34 Å². The average molecular weight is 480 g/mol. The average Bonchev–Trinajstić information content (AvgIpc) is 3.17. The van der Waals surface area contributed by atoms with Gasteiger partial charge in [0.2, 0.25) is 0 Å².